The maximum absolute atomic E-state index is 12.0. The molecule has 0 unspecified atom stereocenters. The van der Waals surface area contributed by atoms with Gasteiger partial charge in [-0.15, -0.1) is 0 Å². The molecular formula is C21H25N5O. The Hall–Kier alpha value is -2.73. The highest BCUT2D eigenvalue weighted by molar-refractivity contribution is 5.92. The van der Waals surface area contributed by atoms with E-state index in [9.17, 15) is 4.79 Å². The Kier molecular flexibility index (Phi) is 5.44. The first-order valence-corrected chi connectivity index (χ1v) is 9.60. The van der Waals surface area contributed by atoms with Crippen molar-refractivity contribution in [3.05, 3.63) is 60.1 Å². The molecule has 2 aliphatic rings. The first-order valence-electron chi connectivity index (χ1n) is 9.60. The number of carbonyl (C=O) groups excluding carboxylic acids is 1. The van der Waals surface area contributed by atoms with E-state index in [0.29, 0.717) is 11.7 Å². The molecule has 1 N–H and O–H groups in total. The SMILES string of the molecule is O=C(NC1CC1)c1cnc(N2CCN(C/C=C/c3ccccc3)CC2)cn1. The highest BCUT2D eigenvalue weighted by Gasteiger charge is 2.24. The van der Waals surface area contributed by atoms with E-state index in [2.05, 4.69) is 61.5 Å². The maximum Gasteiger partial charge on any atom is 0.271 e. The van der Waals surface area contributed by atoms with Gasteiger partial charge in [0.05, 0.1) is 12.4 Å². The van der Waals surface area contributed by atoms with Crippen LogP contribution in [0.25, 0.3) is 6.08 Å². The van der Waals surface area contributed by atoms with E-state index in [1.165, 1.54) is 5.56 Å². The van der Waals surface area contributed by atoms with Gasteiger partial charge < -0.3 is 10.2 Å². The van der Waals surface area contributed by atoms with Gasteiger partial charge in [0.2, 0.25) is 0 Å². The molecule has 27 heavy (non-hydrogen) atoms. The number of amides is 1. The molecule has 4 rings (SSSR count). The van der Waals surface area contributed by atoms with Crippen LogP contribution in [0.1, 0.15) is 28.9 Å². The molecule has 6 heteroatoms. The number of benzene rings is 1. The summed E-state index contributed by atoms with van der Waals surface area (Å²) in [6.45, 7) is 4.77. The number of hydrogen-bond donors (Lipinski definition) is 1. The molecule has 1 aliphatic carbocycles. The van der Waals surface area contributed by atoms with Crippen LogP contribution in [0.5, 0.6) is 0 Å². The lowest BCUT2D eigenvalue weighted by atomic mass is 10.2. The van der Waals surface area contributed by atoms with E-state index < -0.39 is 0 Å². The van der Waals surface area contributed by atoms with Crippen molar-refractivity contribution in [2.45, 2.75) is 18.9 Å². The van der Waals surface area contributed by atoms with E-state index in [4.69, 9.17) is 0 Å². The fourth-order valence-electron chi connectivity index (χ4n) is 3.15. The van der Waals surface area contributed by atoms with Gasteiger partial charge >= 0.3 is 0 Å². The van der Waals surface area contributed by atoms with E-state index in [-0.39, 0.29) is 5.91 Å². The number of carbonyl (C=O) groups is 1. The minimum Gasteiger partial charge on any atom is -0.353 e. The minimum absolute atomic E-state index is 0.119. The van der Waals surface area contributed by atoms with Crippen molar-refractivity contribution < 1.29 is 4.79 Å². The average molecular weight is 363 g/mol. The van der Waals surface area contributed by atoms with E-state index >= 15 is 0 Å². The molecule has 1 aromatic heterocycles. The van der Waals surface area contributed by atoms with Crippen LogP contribution in [0.4, 0.5) is 5.82 Å². The van der Waals surface area contributed by atoms with Gasteiger partial charge in [-0.2, -0.15) is 0 Å². The van der Waals surface area contributed by atoms with Crippen molar-refractivity contribution in [3.8, 4) is 0 Å². The molecular weight excluding hydrogens is 338 g/mol. The van der Waals surface area contributed by atoms with Gasteiger partial charge in [-0.1, -0.05) is 42.5 Å². The smallest absolute Gasteiger partial charge is 0.271 e. The largest absolute Gasteiger partial charge is 0.353 e. The molecule has 1 saturated heterocycles. The normalized spacial score (nSPS) is 18.0. The van der Waals surface area contributed by atoms with Crippen LogP contribution in [0, 0.1) is 0 Å². The predicted molar refractivity (Wildman–Crippen MR) is 107 cm³/mol. The molecule has 1 aromatic carbocycles. The van der Waals surface area contributed by atoms with Gasteiger partial charge in [-0.3, -0.25) is 9.69 Å². The van der Waals surface area contributed by atoms with Crippen molar-refractivity contribution in [2.24, 2.45) is 0 Å². The predicted octanol–water partition coefficient (Wildman–Crippen LogP) is 2.20. The molecule has 6 nitrogen and oxygen atoms in total. The van der Waals surface area contributed by atoms with Crippen molar-refractivity contribution in [1.29, 1.82) is 0 Å². The van der Waals surface area contributed by atoms with Crippen LogP contribution in [-0.2, 0) is 0 Å². The zero-order valence-electron chi connectivity index (χ0n) is 15.4. The summed E-state index contributed by atoms with van der Waals surface area (Å²) in [5.74, 6) is 0.726. The fourth-order valence-corrected chi connectivity index (χ4v) is 3.15. The van der Waals surface area contributed by atoms with Crippen LogP contribution in [0.15, 0.2) is 48.8 Å². The summed E-state index contributed by atoms with van der Waals surface area (Å²) in [6.07, 6.45) is 9.83. The fraction of sp³-hybridized carbons (Fsp3) is 0.381. The molecule has 2 heterocycles. The quantitative estimate of drug-likeness (QED) is 0.853. The number of aromatic nitrogens is 2. The third-order valence-corrected chi connectivity index (χ3v) is 4.95. The second-order valence-corrected chi connectivity index (χ2v) is 7.11. The van der Waals surface area contributed by atoms with E-state index in [1.54, 1.807) is 12.4 Å². The van der Waals surface area contributed by atoms with Crippen molar-refractivity contribution in [2.75, 3.05) is 37.6 Å². The van der Waals surface area contributed by atoms with Crippen LogP contribution in [0.2, 0.25) is 0 Å². The number of anilines is 1. The highest BCUT2D eigenvalue weighted by Crippen LogP contribution is 2.19. The molecule has 0 radical (unpaired) electrons. The summed E-state index contributed by atoms with van der Waals surface area (Å²) in [4.78, 5) is 25.4. The van der Waals surface area contributed by atoms with Gasteiger partial charge in [-0.25, -0.2) is 9.97 Å². The number of piperazine rings is 1. The summed E-state index contributed by atoms with van der Waals surface area (Å²) in [5, 5.41) is 2.94. The number of nitrogens with zero attached hydrogens (tertiary/aromatic N) is 4. The standard InChI is InChI=1S/C21H25N5O/c27-21(24-18-8-9-18)19-15-23-20(16-22-19)26-13-11-25(12-14-26)10-4-7-17-5-2-1-3-6-17/h1-7,15-16,18H,8-14H2,(H,24,27)/b7-4+. The summed E-state index contributed by atoms with van der Waals surface area (Å²) < 4.78 is 0. The molecule has 1 aliphatic heterocycles. The van der Waals surface area contributed by atoms with Gasteiger partial charge in [-0.05, 0) is 18.4 Å². The van der Waals surface area contributed by atoms with E-state index in [0.717, 1.165) is 51.4 Å². The van der Waals surface area contributed by atoms with Gasteiger partial charge in [0.1, 0.15) is 11.5 Å². The molecule has 0 spiro atoms. The summed E-state index contributed by atoms with van der Waals surface area (Å²) in [5.41, 5.74) is 1.63. The molecule has 1 saturated carbocycles. The summed E-state index contributed by atoms with van der Waals surface area (Å²) >= 11 is 0. The highest BCUT2D eigenvalue weighted by atomic mass is 16.2. The molecule has 140 valence electrons. The second kappa shape index (κ2) is 8.31. The molecule has 0 atom stereocenters. The lowest BCUT2D eigenvalue weighted by Gasteiger charge is -2.34. The number of hydrogen-bond acceptors (Lipinski definition) is 5. The summed E-state index contributed by atoms with van der Waals surface area (Å²) in [7, 11) is 0. The molecule has 2 aromatic rings. The third-order valence-electron chi connectivity index (χ3n) is 4.95. The average Bonchev–Trinajstić information content (AvgIpc) is 3.53. The number of rotatable bonds is 6. The van der Waals surface area contributed by atoms with Crippen molar-refractivity contribution in [1.82, 2.24) is 20.2 Å². The topological polar surface area (TPSA) is 61.4 Å². The lowest BCUT2D eigenvalue weighted by Crippen LogP contribution is -2.46. The Morgan fingerprint density at radius 1 is 1.07 bits per heavy atom. The molecule has 1 amide bonds. The minimum atomic E-state index is -0.119. The van der Waals surface area contributed by atoms with Crippen LogP contribution in [0.3, 0.4) is 0 Å². The monoisotopic (exact) mass is 363 g/mol. The first kappa shape index (κ1) is 17.7. The van der Waals surface area contributed by atoms with E-state index in [1.807, 2.05) is 6.07 Å². The second-order valence-electron chi connectivity index (χ2n) is 7.11. The van der Waals surface area contributed by atoms with Crippen LogP contribution in [-0.4, -0.2) is 59.5 Å². The first-order chi connectivity index (χ1) is 13.3. The zero-order chi connectivity index (χ0) is 18.5. The van der Waals surface area contributed by atoms with Gasteiger partial charge in [0.15, 0.2) is 0 Å². The Morgan fingerprint density at radius 2 is 1.85 bits per heavy atom. The van der Waals surface area contributed by atoms with Crippen LogP contribution < -0.4 is 10.2 Å². The lowest BCUT2D eigenvalue weighted by molar-refractivity contribution is 0.0945. The van der Waals surface area contributed by atoms with Crippen LogP contribution >= 0.6 is 0 Å². The van der Waals surface area contributed by atoms with Gasteiger partial charge in [0, 0.05) is 38.8 Å². The Labute approximate surface area is 159 Å². The molecule has 0 bridgehead atoms. The van der Waals surface area contributed by atoms with Gasteiger partial charge in [0.25, 0.3) is 5.91 Å². The third kappa shape index (κ3) is 4.92. The maximum atomic E-state index is 12.0. The number of nitrogens with one attached hydrogen (secondary N) is 1. The Balaban J connectivity index is 1.25. The van der Waals surface area contributed by atoms with Crippen molar-refractivity contribution >= 4 is 17.8 Å². The molecule has 2 fully saturated rings. The Bertz CT molecular complexity index is 778. The van der Waals surface area contributed by atoms with Crippen molar-refractivity contribution in [3.63, 3.8) is 0 Å². The summed E-state index contributed by atoms with van der Waals surface area (Å²) in [6, 6.07) is 10.7. The zero-order valence-corrected chi connectivity index (χ0v) is 15.4. The Morgan fingerprint density at radius 3 is 2.52 bits per heavy atom.